The number of piperidine rings is 1. The molecule has 1 aromatic heterocycles. The van der Waals surface area contributed by atoms with Crippen LogP contribution in [-0.2, 0) is 22.4 Å². The van der Waals surface area contributed by atoms with Crippen LogP contribution in [0.5, 0.6) is 0 Å². The first kappa shape index (κ1) is 25.2. The van der Waals surface area contributed by atoms with Crippen molar-refractivity contribution in [1.82, 2.24) is 15.2 Å². The molecule has 1 aromatic rings. The number of nitrogens with zero attached hydrogens (tertiary/aromatic N) is 2. The molecule has 0 unspecified atom stereocenters. The van der Waals surface area contributed by atoms with Crippen LogP contribution in [0.1, 0.15) is 63.6 Å². The molecule has 1 saturated heterocycles. The summed E-state index contributed by atoms with van der Waals surface area (Å²) in [6, 6.07) is 4.44. The van der Waals surface area contributed by atoms with Gasteiger partial charge in [0.1, 0.15) is 5.82 Å². The van der Waals surface area contributed by atoms with Gasteiger partial charge in [-0.1, -0.05) is 32.1 Å². The molecule has 182 valence electrons. The molecule has 7 heteroatoms. The third-order valence-electron chi connectivity index (χ3n) is 6.84. The number of carboxylic acids is 1. The fourth-order valence-electron chi connectivity index (χ4n) is 5.05. The maximum Gasteiger partial charge on any atom is 0.317 e. The Hall–Kier alpha value is -2.41. The number of hydrogen-bond donors (Lipinski definition) is 3. The van der Waals surface area contributed by atoms with Crippen LogP contribution in [0, 0.1) is 11.8 Å². The van der Waals surface area contributed by atoms with Crippen LogP contribution in [0.25, 0.3) is 0 Å². The number of aromatic nitrogens is 1. The van der Waals surface area contributed by atoms with Gasteiger partial charge in [0.15, 0.2) is 0 Å². The molecule has 0 aromatic carbocycles. The highest BCUT2D eigenvalue weighted by molar-refractivity contribution is 5.79. The van der Waals surface area contributed by atoms with Crippen molar-refractivity contribution in [2.45, 2.75) is 71.3 Å². The van der Waals surface area contributed by atoms with E-state index in [1.54, 1.807) is 0 Å². The van der Waals surface area contributed by atoms with Gasteiger partial charge in [-0.3, -0.25) is 9.59 Å². The summed E-state index contributed by atoms with van der Waals surface area (Å²) < 4.78 is 0. The maximum absolute atomic E-state index is 13.1. The molecule has 0 saturated carbocycles. The number of aliphatic carboxylic acids is 1. The van der Waals surface area contributed by atoms with Crippen LogP contribution in [0.2, 0.25) is 0 Å². The second-order valence-electron chi connectivity index (χ2n) is 9.16. The molecule has 3 aliphatic rings. The molecule has 0 bridgehead atoms. The zero-order valence-electron chi connectivity index (χ0n) is 20.2. The third-order valence-corrected chi connectivity index (χ3v) is 6.84. The van der Waals surface area contributed by atoms with Crippen molar-refractivity contribution in [3.63, 3.8) is 0 Å². The molecular weight excluding hydrogens is 416 g/mol. The Morgan fingerprint density at radius 2 is 1.94 bits per heavy atom. The van der Waals surface area contributed by atoms with E-state index in [0.29, 0.717) is 12.3 Å². The Balaban J connectivity index is 0.00000149. The third kappa shape index (κ3) is 7.29. The summed E-state index contributed by atoms with van der Waals surface area (Å²) in [5.74, 6) is 0.932. The molecule has 0 radical (unpaired) electrons. The highest BCUT2D eigenvalue weighted by Gasteiger charge is 2.30. The van der Waals surface area contributed by atoms with E-state index in [-0.39, 0.29) is 24.4 Å². The first-order valence-electron chi connectivity index (χ1n) is 12.7. The fraction of sp³-hybridized carbons (Fsp3) is 0.654. The fourth-order valence-corrected chi connectivity index (χ4v) is 5.05. The van der Waals surface area contributed by atoms with Gasteiger partial charge in [0, 0.05) is 37.3 Å². The summed E-state index contributed by atoms with van der Waals surface area (Å²) in [7, 11) is 0. The van der Waals surface area contributed by atoms with E-state index in [9.17, 15) is 9.59 Å². The molecule has 1 amide bonds. The standard InChI is InChI=1S/C24H34N4O3.C2H6/c29-22(30)16-26-20-6-2-1-4-19(15-20)24(31)28-12-9-17(10-13-28)14-21-8-7-18-5-3-11-25-23(18)27-21;1-2/h1-2,7-8,17,19-20,26H,3-6,9-16H2,(H,25,27)(H,29,30);1-2H3/t19-,20+;/m0./s1. The Kier molecular flexibility index (Phi) is 9.73. The average Bonchev–Trinajstić information content (AvgIpc) is 3.10. The number of likely N-dealkylation sites (tertiary alicyclic amines) is 1. The summed E-state index contributed by atoms with van der Waals surface area (Å²) >= 11 is 0. The largest absolute Gasteiger partial charge is 0.480 e. The minimum Gasteiger partial charge on any atom is -0.480 e. The summed E-state index contributed by atoms with van der Waals surface area (Å²) in [5.41, 5.74) is 2.48. The van der Waals surface area contributed by atoms with Crippen molar-refractivity contribution in [2.24, 2.45) is 11.8 Å². The Morgan fingerprint density at radius 3 is 2.70 bits per heavy atom. The Morgan fingerprint density at radius 1 is 1.18 bits per heavy atom. The minimum atomic E-state index is -0.859. The Labute approximate surface area is 198 Å². The van der Waals surface area contributed by atoms with E-state index in [1.807, 2.05) is 18.7 Å². The van der Waals surface area contributed by atoms with Crippen molar-refractivity contribution in [1.29, 1.82) is 0 Å². The number of pyridine rings is 1. The highest BCUT2D eigenvalue weighted by Crippen LogP contribution is 2.27. The van der Waals surface area contributed by atoms with Crippen molar-refractivity contribution in [3.05, 3.63) is 35.5 Å². The summed E-state index contributed by atoms with van der Waals surface area (Å²) in [4.78, 5) is 30.9. The molecule has 33 heavy (non-hydrogen) atoms. The lowest BCUT2D eigenvalue weighted by Gasteiger charge is -2.34. The normalized spacial score (nSPS) is 22.9. The smallest absolute Gasteiger partial charge is 0.317 e. The summed E-state index contributed by atoms with van der Waals surface area (Å²) in [6.45, 7) is 6.56. The molecular formula is C26H40N4O3. The van der Waals surface area contributed by atoms with Crippen molar-refractivity contribution >= 4 is 17.7 Å². The van der Waals surface area contributed by atoms with E-state index in [4.69, 9.17) is 10.1 Å². The predicted octanol–water partition coefficient (Wildman–Crippen LogP) is 3.65. The number of carboxylic acid groups (broad SMARTS) is 1. The second-order valence-corrected chi connectivity index (χ2v) is 9.16. The molecule has 1 aliphatic carbocycles. The number of aryl methyl sites for hydroxylation is 1. The van der Waals surface area contributed by atoms with Crippen molar-refractivity contribution in [3.8, 4) is 0 Å². The first-order chi connectivity index (χ1) is 16.1. The lowest BCUT2D eigenvalue weighted by atomic mass is 9.89. The minimum absolute atomic E-state index is 0.0463. The summed E-state index contributed by atoms with van der Waals surface area (Å²) in [5, 5.41) is 15.4. The maximum atomic E-state index is 13.1. The number of hydrogen-bond acceptors (Lipinski definition) is 5. The number of allylic oxidation sites excluding steroid dienone is 1. The summed E-state index contributed by atoms with van der Waals surface area (Å²) in [6.07, 6.45) is 11.7. The van der Waals surface area contributed by atoms with Crippen LogP contribution in [0.3, 0.4) is 0 Å². The number of carbonyl (C=O) groups excluding carboxylic acids is 1. The lowest BCUT2D eigenvalue weighted by Crippen LogP contribution is -2.44. The van der Waals surface area contributed by atoms with Gasteiger partial charge >= 0.3 is 5.97 Å². The number of anilines is 1. The molecule has 0 spiro atoms. The van der Waals surface area contributed by atoms with Crippen LogP contribution in [0.4, 0.5) is 5.82 Å². The molecule has 3 N–H and O–H groups in total. The van der Waals surface area contributed by atoms with Crippen LogP contribution < -0.4 is 10.6 Å². The quantitative estimate of drug-likeness (QED) is 0.566. The van der Waals surface area contributed by atoms with Crippen LogP contribution in [0.15, 0.2) is 24.3 Å². The van der Waals surface area contributed by atoms with E-state index in [0.717, 1.165) is 69.7 Å². The van der Waals surface area contributed by atoms with Gasteiger partial charge in [0.2, 0.25) is 5.91 Å². The van der Waals surface area contributed by atoms with Gasteiger partial charge in [0.05, 0.1) is 6.54 Å². The zero-order chi connectivity index (χ0) is 23.6. The van der Waals surface area contributed by atoms with Gasteiger partial charge in [-0.2, -0.15) is 0 Å². The highest BCUT2D eigenvalue weighted by atomic mass is 16.4. The molecule has 7 nitrogen and oxygen atoms in total. The molecule has 4 rings (SSSR count). The van der Waals surface area contributed by atoms with Crippen molar-refractivity contribution in [2.75, 3.05) is 31.5 Å². The predicted molar refractivity (Wildman–Crippen MR) is 131 cm³/mol. The number of nitrogens with one attached hydrogen (secondary N) is 2. The van der Waals surface area contributed by atoms with Crippen LogP contribution in [-0.4, -0.2) is 59.1 Å². The van der Waals surface area contributed by atoms with Crippen LogP contribution >= 0.6 is 0 Å². The number of rotatable bonds is 6. The zero-order valence-corrected chi connectivity index (χ0v) is 20.2. The van der Waals surface area contributed by atoms with E-state index >= 15 is 0 Å². The van der Waals surface area contributed by atoms with E-state index < -0.39 is 5.97 Å². The van der Waals surface area contributed by atoms with E-state index in [1.165, 1.54) is 12.0 Å². The lowest BCUT2D eigenvalue weighted by molar-refractivity contribution is -0.137. The van der Waals surface area contributed by atoms with Crippen molar-refractivity contribution < 1.29 is 14.7 Å². The SMILES string of the molecule is CC.O=C(O)CN[C@@H]1CC=CC[C@H](C(=O)N2CCC(Cc3ccc4c(n3)NCCC4)CC2)C1. The first-order valence-corrected chi connectivity index (χ1v) is 12.7. The monoisotopic (exact) mass is 456 g/mol. The molecule has 2 aliphatic heterocycles. The van der Waals surface area contributed by atoms with Gasteiger partial charge < -0.3 is 20.6 Å². The van der Waals surface area contributed by atoms with Gasteiger partial charge in [-0.15, -0.1) is 0 Å². The van der Waals surface area contributed by atoms with Gasteiger partial charge in [0.25, 0.3) is 0 Å². The number of carbonyl (C=O) groups is 2. The molecule has 2 atom stereocenters. The van der Waals surface area contributed by atoms with Gasteiger partial charge in [-0.05, 0) is 68.9 Å². The average molecular weight is 457 g/mol. The molecule has 3 heterocycles. The number of fused-ring (bicyclic) bond motifs is 1. The number of amides is 1. The van der Waals surface area contributed by atoms with E-state index in [2.05, 4.69) is 34.9 Å². The second kappa shape index (κ2) is 12.7. The molecule has 1 fully saturated rings. The Bertz CT molecular complexity index is 818. The van der Waals surface area contributed by atoms with Gasteiger partial charge in [-0.25, -0.2) is 4.98 Å². The topological polar surface area (TPSA) is 94.6 Å².